The van der Waals surface area contributed by atoms with E-state index in [1.54, 1.807) is 7.11 Å². The van der Waals surface area contributed by atoms with E-state index in [4.69, 9.17) is 17.0 Å². The van der Waals surface area contributed by atoms with Crippen LogP contribution in [-0.4, -0.2) is 32.7 Å². The third-order valence-corrected chi connectivity index (χ3v) is 6.92. The largest absolute Gasteiger partial charge is 0.497 e. The molecule has 0 radical (unpaired) electrons. The van der Waals surface area contributed by atoms with Crippen LogP contribution in [0.3, 0.4) is 0 Å². The SMILES string of the molecule is COc1ccc(-n2c(C)ccc2[C@H]2[C@@H](c3ccccn3)NC(=S)N2C2CCCC2)cc1. The summed E-state index contributed by atoms with van der Waals surface area (Å²) in [6, 6.07) is 19.4. The number of benzene rings is 1. The highest BCUT2D eigenvalue weighted by atomic mass is 32.1. The quantitative estimate of drug-likeness (QED) is 0.568. The fourth-order valence-electron chi connectivity index (χ4n) is 5.13. The van der Waals surface area contributed by atoms with E-state index < -0.39 is 0 Å². The Morgan fingerprint density at radius 2 is 1.81 bits per heavy atom. The Balaban J connectivity index is 1.63. The zero-order valence-electron chi connectivity index (χ0n) is 18.0. The molecule has 31 heavy (non-hydrogen) atoms. The zero-order valence-corrected chi connectivity index (χ0v) is 18.8. The number of methoxy groups -OCH3 is 1. The van der Waals surface area contributed by atoms with Gasteiger partial charge in [-0.05, 0) is 80.5 Å². The predicted molar refractivity (Wildman–Crippen MR) is 127 cm³/mol. The number of ether oxygens (including phenoxy) is 1. The third kappa shape index (κ3) is 3.59. The smallest absolute Gasteiger partial charge is 0.170 e. The fourth-order valence-corrected chi connectivity index (χ4v) is 5.52. The number of aryl methyl sites for hydroxylation is 1. The Morgan fingerprint density at radius 1 is 1.03 bits per heavy atom. The number of nitrogens with zero attached hydrogens (tertiary/aromatic N) is 3. The van der Waals surface area contributed by atoms with Gasteiger partial charge in [-0.3, -0.25) is 4.98 Å². The molecule has 0 amide bonds. The van der Waals surface area contributed by atoms with Crippen molar-refractivity contribution in [1.82, 2.24) is 19.8 Å². The molecule has 1 aliphatic heterocycles. The number of nitrogens with one attached hydrogen (secondary N) is 1. The van der Waals surface area contributed by atoms with Gasteiger partial charge in [0.1, 0.15) is 5.75 Å². The van der Waals surface area contributed by atoms with E-state index in [1.165, 1.54) is 37.1 Å². The summed E-state index contributed by atoms with van der Waals surface area (Å²) in [5.41, 5.74) is 4.58. The van der Waals surface area contributed by atoms with Crippen LogP contribution < -0.4 is 10.1 Å². The summed E-state index contributed by atoms with van der Waals surface area (Å²) < 4.78 is 7.71. The van der Waals surface area contributed by atoms with Crippen molar-refractivity contribution in [1.29, 1.82) is 0 Å². The first-order chi connectivity index (χ1) is 15.2. The van der Waals surface area contributed by atoms with E-state index in [0.717, 1.165) is 22.2 Å². The number of pyridine rings is 1. The number of hydrogen-bond acceptors (Lipinski definition) is 3. The van der Waals surface area contributed by atoms with Crippen LogP contribution in [0.25, 0.3) is 5.69 Å². The molecule has 1 saturated carbocycles. The Bertz CT molecular complexity index is 1060. The normalized spacial score (nSPS) is 21.5. The second-order valence-electron chi connectivity index (χ2n) is 8.41. The minimum atomic E-state index is 0.0144. The molecule has 2 fully saturated rings. The lowest BCUT2D eigenvalue weighted by atomic mass is 9.99. The summed E-state index contributed by atoms with van der Waals surface area (Å²) in [5.74, 6) is 0.859. The van der Waals surface area contributed by atoms with Gasteiger partial charge in [0.2, 0.25) is 0 Å². The second-order valence-corrected chi connectivity index (χ2v) is 8.79. The summed E-state index contributed by atoms with van der Waals surface area (Å²) in [5, 5.41) is 4.45. The average molecular weight is 433 g/mol. The lowest BCUT2D eigenvalue weighted by Gasteiger charge is -2.33. The monoisotopic (exact) mass is 432 g/mol. The first-order valence-corrected chi connectivity index (χ1v) is 11.4. The predicted octanol–water partition coefficient (Wildman–Crippen LogP) is 5.10. The van der Waals surface area contributed by atoms with E-state index in [2.05, 4.69) is 63.1 Å². The summed E-state index contributed by atoms with van der Waals surface area (Å²) in [6.45, 7) is 2.16. The molecule has 2 atom stereocenters. The molecule has 6 heteroatoms. The maximum atomic E-state index is 5.89. The van der Waals surface area contributed by atoms with Crippen LogP contribution in [0.2, 0.25) is 0 Å². The van der Waals surface area contributed by atoms with Crippen LogP contribution >= 0.6 is 12.2 Å². The van der Waals surface area contributed by atoms with Gasteiger partial charge in [-0.2, -0.15) is 0 Å². The molecule has 0 bridgehead atoms. The van der Waals surface area contributed by atoms with Crippen molar-refractivity contribution in [3.63, 3.8) is 0 Å². The highest BCUT2D eigenvalue weighted by molar-refractivity contribution is 7.80. The van der Waals surface area contributed by atoms with Crippen molar-refractivity contribution in [2.24, 2.45) is 0 Å². The second kappa shape index (κ2) is 8.35. The first-order valence-electron chi connectivity index (χ1n) is 11.0. The third-order valence-electron chi connectivity index (χ3n) is 6.59. The van der Waals surface area contributed by atoms with Gasteiger partial charge in [0, 0.05) is 29.3 Å². The van der Waals surface area contributed by atoms with Crippen LogP contribution in [0, 0.1) is 6.92 Å². The van der Waals surface area contributed by atoms with Gasteiger partial charge in [0.15, 0.2) is 5.11 Å². The van der Waals surface area contributed by atoms with Gasteiger partial charge < -0.3 is 19.5 Å². The summed E-state index contributed by atoms with van der Waals surface area (Å²) in [7, 11) is 1.70. The van der Waals surface area contributed by atoms with Crippen molar-refractivity contribution in [2.75, 3.05) is 7.11 Å². The van der Waals surface area contributed by atoms with Gasteiger partial charge in [-0.1, -0.05) is 18.9 Å². The maximum absolute atomic E-state index is 5.89. The molecule has 1 saturated heterocycles. The molecule has 3 heterocycles. The fraction of sp³-hybridized carbons (Fsp3) is 0.360. The Labute approximate surface area is 189 Å². The lowest BCUT2D eigenvalue weighted by Crippen LogP contribution is -2.38. The molecule has 3 aromatic rings. The van der Waals surface area contributed by atoms with E-state index in [0.29, 0.717) is 6.04 Å². The highest BCUT2D eigenvalue weighted by Crippen LogP contribution is 2.43. The van der Waals surface area contributed by atoms with Gasteiger partial charge >= 0.3 is 0 Å². The molecular formula is C25H28N4OS. The molecule has 0 unspecified atom stereocenters. The molecule has 1 aliphatic carbocycles. The van der Waals surface area contributed by atoms with Crippen molar-refractivity contribution in [3.05, 3.63) is 77.9 Å². The van der Waals surface area contributed by atoms with Crippen molar-refractivity contribution >= 4 is 17.3 Å². The number of thiocarbonyl (C=S) groups is 1. The van der Waals surface area contributed by atoms with E-state index >= 15 is 0 Å². The summed E-state index contributed by atoms with van der Waals surface area (Å²) >= 11 is 5.89. The standard InChI is InChI=1S/C25H28N4OS/c1-17-10-15-22(28(17)19-11-13-20(30-2)14-12-19)24-23(21-9-5-6-16-26-21)27-25(31)29(24)18-7-3-4-8-18/h5-6,9-16,18,23-24H,3-4,7-8H2,1-2H3,(H,27,31)/t23-,24+/m1/s1. The van der Waals surface area contributed by atoms with Crippen LogP contribution in [0.5, 0.6) is 5.75 Å². The van der Waals surface area contributed by atoms with Gasteiger partial charge in [-0.25, -0.2) is 0 Å². The highest BCUT2D eigenvalue weighted by Gasteiger charge is 2.45. The molecule has 2 aliphatic rings. The molecule has 5 nitrogen and oxygen atoms in total. The molecule has 0 spiro atoms. The Morgan fingerprint density at radius 3 is 2.48 bits per heavy atom. The first kappa shape index (κ1) is 20.1. The van der Waals surface area contributed by atoms with Crippen molar-refractivity contribution < 1.29 is 4.74 Å². The number of aromatic nitrogens is 2. The molecule has 2 aromatic heterocycles. The Hall–Kier alpha value is -2.86. The topological polar surface area (TPSA) is 42.3 Å². The van der Waals surface area contributed by atoms with Crippen LogP contribution in [0.4, 0.5) is 0 Å². The van der Waals surface area contributed by atoms with E-state index in [1.807, 2.05) is 24.4 Å². The van der Waals surface area contributed by atoms with Gasteiger partial charge in [-0.15, -0.1) is 0 Å². The Kier molecular flexibility index (Phi) is 5.40. The van der Waals surface area contributed by atoms with Gasteiger partial charge in [0.05, 0.1) is 24.9 Å². The number of rotatable bonds is 5. The molecule has 1 N–H and O–H groups in total. The van der Waals surface area contributed by atoms with Crippen molar-refractivity contribution in [2.45, 2.75) is 50.7 Å². The summed E-state index contributed by atoms with van der Waals surface area (Å²) in [4.78, 5) is 7.14. The molecule has 5 rings (SSSR count). The van der Waals surface area contributed by atoms with Crippen LogP contribution in [-0.2, 0) is 0 Å². The minimum absolute atomic E-state index is 0.0144. The maximum Gasteiger partial charge on any atom is 0.170 e. The van der Waals surface area contributed by atoms with Gasteiger partial charge in [0.25, 0.3) is 0 Å². The number of hydrogen-bond donors (Lipinski definition) is 1. The molecule has 160 valence electrons. The lowest BCUT2D eigenvalue weighted by molar-refractivity contribution is 0.239. The van der Waals surface area contributed by atoms with Crippen molar-refractivity contribution in [3.8, 4) is 11.4 Å². The molecular weight excluding hydrogens is 404 g/mol. The van der Waals surface area contributed by atoms with Crippen LogP contribution in [0.15, 0.2) is 60.8 Å². The summed E-state index contributed by atoms with van der Waals surface area (Å²) in [6.07, 6.45) is 6.78. The van der Waals surface area contributed by atoms with E-state index in [9.17, 15) is 0 Å². The van der Waals surface area contributed by atoms with E-state index in [-0.39, 0.29) is 12.1 Å². The molecule has 1 aromatic carbocycles. The minimum Gasteiger partial charge on any atom is -0.497 e. The average Bonchev–Trinajstić information content (AvgIpc) is 3.53. The zero-order chi connectivity index (χ0) is 21.4. The van der Waals surface area contributed by atoms with Crippen LogP contribution in [0.1, 0.15) is 54.8 Å².